The van der Waals surface area contributed by atoms with Gasteiger partial charge in [-0.2, -0.15) is 0 Å². The van der Waals surface area contributed by atoms with Gasteiger partial charge in [0.05, 0.1) is 0 Å². The van der Waals surface area contributed by atoms with Gasteiger partial charge in [0.1, 0.15) is 11.5 Å². The van der Waals surface area contributed by atoms with Crippen molar-refractivity contribution in [3.8, 4) is 11.5 Å². The predicted molar refractivity (Wildman–Crippen MR) is 77.8 cm³/mol. The molecule has 0 aliphatic heterocycles. The molecular formula is C16H23NO3. The fraction of sp³-hybridized carbons (Fsp3) is 0.562. The lowest BCUT2D eigenvalue weighted by molar-refractivity contribution is -0.122. The third kappa shape index (κ3) is 3.89. The summed E-state index contributed by atoms with van der Waals surface area (Å²) in [7, 11) is 0. The summed E-state index contributed by atoms with van der Waals surface area (Å²) in [5.74, 6) is 0.0455. The first-order chi connectivity index (χ1) is 9.56. The first kappa shape index (κ1) is 14.7. The van der Waals surface area contributed by atoms with Crippen molar-refractivity contribution in [2.75, 3.05) is 0 Å². The van der Waals surface area contributed by atoms with Crippen molar-refractivity contribution in [3.63, 3.8) is 0 Å². The van der Waals surface area contributed by atoms with E-state index in [-0.39, 0.29) is 23.3 Å². The largest absolute Gasteiger partial charge is 0.508 e. The van der Waals surface area contributed by atoms with E-state index in [1.807, 2.05) is 6.92 Å². The molecule has 1 saturated carbocycles. The Balaban J connectivity index is 1.89. The normalized spacial score (nSPS) is 17.6. The molecule has 0 radical (unpaired) electrons. The predicted octanol–water partition coefficient (Wildman–Crippen LogP) is 3.04. The minimum atomic E-state index is -0.0702. The molecule has 1 amide bonds. The second-order valence-corrected chi connectivity index (χ2v) is 5.75. The average molecular weight is 277 g/mol. The van der Waals surface area contributed by atoms with Crippen molar-refractivity contribution in [2.45, 2.75) is 57.4 Å². The Kier molecular flexibility index (Phi) is 4.88. The number of phenolic OH excluding ortho intramolecular Hbond substituents is 2. The van der Waals surface area contributed by atoms with Crippen molar-refractivity contribution in [1.29, 1.82) is 0 Å². The van der Waals surface area contributed by atoms with Crippen LogP contribution in [0.15, 0.2) is 18.2 Å². The van der Waals surface area contributed by atoms with Crippen LogP contribution in [-0.4, -0.2) is 22.2 Å². The molecule has 2 rings (SSSR count). The molecule has 20 heavy (non-hydrogen) atoms. The molecule has 1 unspecified atom stereocenters. The SMILES string of the molecule is CC(CC(=O)NC1CCCCC1)c1ccc(O)cc1O. The fourth-order valence-electron chi connectivity index (χ4n) is 2.87. The zero-order chi connectivity index (χ0) is 14.5. The van der Waals surface area contributed by atoms with Crippen LogP contribution < -0.4 is 5.32 Å². The Hall–Kier alpha value is -1.71. The number of hydrogen-bond acceptors (Lipinski definition) is 3. The molecule has 1 aromatic carbocycles. The molecular weight excluding hydrogens is 254 g/mol. The van der Waals surface area contributed by atoms with Crippen LogP contribution in [0.1, 0.15) is 56.9 Å². The molecule has 1 aliphatic rings. The monoisotopic (exact) mass is 277 g/mol. The smallest absolute Gasteiger partial charge is 0.220 e. The van der Waals surface area contributed by atoms with Crippen molar-refractivity contribution < 1.29 is 15.0 Å². The molecule has 110 valence electrons. The van der Waals surface area contributed by atoms with Gasteiger partial charge < -0.3 is 15.5 Å². The molecule has 0 saturated heterocycles. The highest BCUT2D eigenvalue weighted by molar-refractivity contribution is 5.77. The molecule has 0 heterocycles. The number of aromatic hydroxyl groups is 2. The lowest BCUT2D eigenvalue weighted by Gasteiger charge is -2.23. The number of carbonyl (C=O) groups excluding carboxylic acids is 1. The number of rotatable bonds is 4. The van der Waals surface area contributed by atoms with E-state index in [9.17, 15) is 15.0 Å². The highest BCUT2D eigenvalue weighted by atomic mass is 16.3. The molecule has 3 N–H and O–H groups in total. The summed E-state index contributed by atoms with van der Waals surface area (Å²) < 4.78 is 0. The van der Waals surface area contributed by atoms with E-state index in [1.54, 1.807) is 6.07 Å². The van der Waals surface area contributed by atoms with Gasteiger partial charge in [0, 0.05) is 18.5 Å². The van der Waals surface area contributed by atoms with E-state index in [4.69, 9.17) is 0 Å². The minimum absolute atomic E-state index is 0.0325. The van der Waals surface area contributed by atoms with E-state index in [2.05, 4.69) is 5.32 Å². The molecule has 1 aliphatic carbocycles. The number of nitrogens with one attached hydrogen (secondary N) is 1. The van der Waals surface area contributed by atoms with Crippen LogP contribution in [0.5, 0.6) is 11.5 Å². The first-order valence-corrected chi connectivity index (χ1v) is 7.37. The van der Waals surface area contributed by atoms with Crippen LogP contribution in [0.25, 0.3) is 0 Å². The lowest BCUT2D eigenvalue weighted by atomic mass is 9.93. The van der Waals surface area contributed by atoms with Gasteiger partial charge in [-0.1, -0.05) is 32.3 Å². The summed E-state index contributed by atoms with van der Waals surface area (Å²) in [6.45, 7) is 1.91. The molecule has 4 heteroatoms. The number of hydrogen-bond donors (Lipinski definition) is 3. The summed E-state index contributed by atoms with van der Waals surface area (Å²) in [5.41, 5.74) is 0.696. The second-order valence-electron chi connectivity index (χ2n) is 5.75. The third-order valence-corrected chi connectivity index (χ3v) is 4.01. The molecule has 4 nitrogen and oxygen atoms in total. The highest BCUT2D eigenvalue weighted by Gasteiger charge is 2.19. The molecule has 0 aromatic heterocycles. The van der Waals surface area contributed by atoms with Crippen LogP contribution in [0, 0.1) is 0 Å². The number of benzene rings is 1. The minimum Gasteiger partial charge on any atom is -0.508 e. The Labute approximate surface area is 119 Å². The number of amides is 1. The van der Waals surface area contributed by atoms with Gasteiger partial charge in [0.2, 0.25) is 5.91 Å². The maximum Gasteiger partial charge on any atom is 0.220 e. The summed E-state index contributed by atoms with van der Waals surface area (Å²) >= 11 is 0. The van der Waals surface area contributed by atoms with Crippen LogP contribution in [0.3, 0.4) is 0 Å². The van der Waals surface area contributed by atoms with Crippen molar-refractivity contribution >= 4 is 5.91 Å². The van der Waals surface area contributed by atoms with Crippen LogP contribution in [-0.2, 0) is 4.79 Å². The maximum absolute atomic E-state index is 12.0. The molecule has 1 fully saturated rings. The van der Waals surface area contributed by atoms with Crippen molar-refractivity contribution in [3.05, 3.63) is 23.8 Å². The van der Waals surface area contributed by atoms with E-state index in [0.717, 1.165) is 12.8 Å². The van der Waals surface area contributed by atoms with Crippen LogP contribution >= 0.6 is 0 Å². The van der Waals surface area contributed by atoms with Crippen LogP contribution in [0.4, 0.5) is 0 Å². The van der Waals surface area contributed by atoms with E-state index >= 15 is 0 Å². The summed E-state index contributed by atoms with van der Waals surface area (Å²) in [6, 6.07) is 4.83. The Bertz CT molecular complexity index is 467. The Morgan fingerprint density at radius 1 is 1.30 bits per heavy atom. The van der Waals surface area contributed by atoms with Gasteiger partial charge in [-0.05, 0) is 30.4 Å². The van der Waals surface area contributed by atoms with E-state index in [1.165, 1.54) is 31.4 Å². The standard InChI is InChI=1S/C16H23NO3/c1-11(14-8-7-13(18)10-15(14)19)9-16(20)17-12-5-3-2-4-6-12/h7-8,10-12,18-19H,2-6,9H2,1H3,(H,17,20). The van der Waals surface area contributed by atoms with Crippen LogP contribution in [0.2, 0.25) is 0 Å². The molecule has 0 spiro atoms. The topological polar surface area (TPSA) is 69.6 Å². The molecule has 1 aromatic rings. The number of phenols is 2. The molecule has 0 bridgehead atoms. The zero-order valence-electron chi connectivity index (χ0n) is 11.9. The van der Waals surface area contributed by atoms with Crippen molar-refractivity contribution in [1.82, 2.24) is 5.32 Å². The Morgan fingerprint density at radius 2 is 2.00 bits per heavy atom. The van der Waals surface area contributed by atoms with Gasteiger partial charge in [-0.25, -0.2) is 0 Å². The van der Waals surface area contributed by atoms with Gasteiger partial charge >= 0.3 is 0 Å². The summed E-state index contributed by atoms with van der Waals surface area (Å²) in [4.78, 5) is 12.0. The summed E-state index contributed by atoms with van der Waals surface area (Å²) in [5, 5.41) is 22.2. The zero-order valence-corrected chi connectivity index (χ0v) is 11.9. The third-order valence-electron chi connectivity index (χ3n) is 4.01. The Morgan fingerprint density at radius 3 is 2.65 bits per heavy atom. The lowest BCUT2D eigenvalue weighted by Crippen LogP contribution is -2.36. The van der Waals surface area contributed by atoms with Gasteiger partial charge in [-0.3, -0.25) is 4.79 Å². The average Bonchev–Trinajstić information content (AvgIpc) is 2.39. The number of carbonyl (C=O) groups is 1. The van der Waals surface area contributed by atoms with E-state index in [0.29, 0.717) is 18.0 Å². The van der Waals surface area contributed by atoms with Gasteiger partial charge in [-0.15, -0.1) is 0 Å². The van der Waals surface area contributed by atoms with E-state index < -0.39 is 0 Å². The summed E-state index contributed by atoms with van der Waals surface area (Å²) in [6.07, 6.45) is 6.16. The highest BCUT2D eigenvalue weighted by Crippen LogP contribution is 2.30. The van der Waals surface area contributed by atoms with Crippen molar-refractivity contribution in [2.24, 2.45) is 0 Å². The first-order valence-electron chi connectivity index (χ1n) is 7.37. The fourth-order valence-corrected chi connectivity index (χ4v) is 2.87. The second kappa shape index (κ2) is 6.64. The maximum atomic E-state index is 12.0. The van der Waals surface area contributed by atoms with Gasteiger partial charge in [0.15, 0.2) is 0 Å². The quantitative estimate of drug-likeness (QED) is 0.792. The van der Waals surface area contributed by atoms with Gasteiger partial charge in [0.25, 0.3) is 0 Å². The molecule has 1 atom stereocenters.